The van der Waals surface area contributed by atoms with Crippen LogP contribution in [0.15, 0.2) is 40.9 Å². The van der Waals surface area contributed by atoms with Crippen molar-refractivity contribution in [3.05, 3.63) is 52.0 Å². The van der Waals surface area contributed by atoms with Crippen molar-refractivity contribution in [2.45, 2.75) is 20.3 Å². The molecule has 3 heteroatoms. The van der Waals surface area contributed by atoms with E-state index in [4.69, 9.17) is 0 Å². The van der Waals surface area contributed by atoms with Crippen molar-refractivity contribution in [3.8, 4) is 0 Å². The molecule has 0 saturated carbocycles. The minimum Gasteiger partial charge on any atom is -0.382 e. The Kier molecular flexibility index (Phi) is 3.70. The standard InChI is InChI=1S/C17H19BrN2/c1-3-13-6-4-5-12(2)17(13)20-10-9-19-15-11-14(18)7-8-16(15)20/h4-8,11,19H,3,9-10H2,1-2H3. The molecular formula is C17H19BrN2. The van der Waals surface area contributed by atoms with Gasteiger partial charge in [-0.3, -0.25) is 0 Å². The largest absolute Gasteiger partial charge is 0.382 e. The van der Waals surface area contributed by atoms with Gasteiger partial charge in [-0.25, -0.2) is 0 Å². The van der Waals surface area contributed by atoms with Crippen LogP contribution >= 0.6 is 15.9 Å². The van der Waals surface area contributed by atoms with Crippen LogP contribution in [0.1, 0.15) is 18.1 Å². The van der Waals surface area contributed by atoms with Gasteiger partial charge in [0.05, 0.1) is 11.4 Å². The number of hydrogen-bond donors (Lipinski definition) is 1. The molecule has 2 aromatic carbocycles. The predicted molar refractivity (Wildman–Crippen MR) is 90.2 cm³/mol. The molecular weight excluding hydrogens is 312 g/mol. The summed E-state index contributed by atoms with van der Waals surface area (Å²) in [6, 6.07) is 13.1. The van der Waals surface area contributed by atoms with Crippen LogP contribution in [0.25, 0.3) is 0 Å². The average molecular weight is 331 g/mol. The van der Waals surface area contributed by atoms with E-state index in [1.54, 1.807) is 0 Å². The number of nitrogens with zero attached hydrogens (tertiary/aromatic N) is 1. The number of hydrogen-bond acceptors (Lipinski definition) is 2. The summed E-state index contributed by atoms with van der Waals surface area (Å²) in [7, 11) is 0. The van der Waals surface area contributed by atoms with Crippen molar-refractivity contribution in [3.63, 3.8) is 0 Å². The van der Waals surface area contributed by atoms with Crippen molar-refractivity contribution in [2.24, 2.45) is 0 Å². The highest BCUT2D eigenvalue weighted by atomic mass is 79.9. The van der Waals surface area contributed by atoms with Crippen LogP contribution in [0.4, 0.5) is 17.1 Å². The molecule has 0 spiro atoms. The lowest BCUT2D eigenvalue weighted by Gasteiger charge is -2.34. The molecule has 0 atom stereocenters. The molecule has 0 unspecified atom stereocenters. The number of fused-ring (bicyclic) bond motifs is 1. The minimum absolute atomic E-state index is 0.973. The topological polar surface area (TPSA) is 15.3 Å². The maximum Gasteiger partial charge on any atom is 0.0648 e. The predicted octanol–water partition coefficient (Wildman–Crippen LogP) is 4.88. The van der Waals surface area contributed by atoms with Gasteiger partial charge in [0.2, 0.25) is 0 Å². The highest BCUT2D eigenvalue weighted by Gasteiger charge is 2.21. The molecule has 1 N–H and O–H groups in total. The van der Waals surface area contributed by atoms with E-state index in [0.717, 1.165) is 24.0 Å². The lowest BCUT2D eigenvalue weighted by atomic mass is 10.0. The minimum atomic E-state index is 0.973. The molecule has 0 saturated heterocycles. The van der Waals surface area contributed by atoms with Gasteiger partial charge in [-0.2, -0.15) is 0 Å². The van der Waals surface area contributed by atoms with E-state index in [1.165, 1.54) is 28.2 Å². The zero-order valence-electron chi connectivity index (χ0n) is 11.9. The van der Waals surface area contributed by atoms with Crippen molar-refractivity contribution < 1.29 is 0 Å². The van der Waals surface area contributed by atoms with Crippen LogP contribution in [0.2, 0.25) is 0 Å². The molecule has 0 radical (unpaired) electrons. The number of aryl methyl sites for hydroxylation is 2. The van der Waals surface area contributed by atoms with Crippen LogP contribution in [-0.2, 0) is 6.42 Å². The first-order chi connectivity index (χ1) is 9.70. The van der Waals surface area contributed by atoms with Gasteiger partial charge in [0.1, 0.15) is 0 Å². The third kappa shape index (κ3) is 2.31. The first-order valence-electron chi connectivity index (χ1n) is 7.10. The van der Waals surface area contributed by atoms with Gasteiger partial charge in [-0.1, -0.05) is 41.1 Å². The van der Waals surface area contributed by atoms with Crippen molar-refractivity contribution in [2.75, 3.05) is 23.3 Å². The third-order valence-corrected chi connectivity index (χ3v) is 4.37. The Morgan fingerprint density at radius 1 is 1.25 bits per heavy atom. The summed E-state index contributed by atoms with van der Waals surface area (Å²) in [5.74, 6) is 0. The van der Waals surface area contributed by atoms with Gasteiger partial charge >= 0.3 is 0 Å². The van der Waals surface area contributed by atoms with Crippen molar-refractivity contribution in [1.29, 1.82) is 0 Å². The molecule has 0 aliphatic carbocycles. The quantitative estimate of drug-likeness (QED) is 0.843. The summed E-state index contributed by atoms with van der Waals surface area (Å²) < 4.78 is 1.12. The second kappa shape index (κ2) is 5.49. The molecule has 1 heterocycles. The number of halogens is 1. The molecule has 0 amide bonds. The lowest BCUT2D eigenvalue weighted by molar-refractivity contribution is 0.910. The van der Waals surface area contributed by atoms with Crippen LogP contribution < -0.4 is 10.2 Å². The number of rotatable bonds is 2. The van der Waals surface area contributed by atoms with E-state index in [2.05, 4.69) is 76.4 Å². The van der Waals surface area contributed by atoms with E-state index in [1.807, 2.05) is 0 Å². The second-order valence-electron chi connectivity index (χ2n) is 5.18. The lowest BCUT2D eigenvalue weighted by Crippen LogP contribution is -2.31. The molecule has 0 fully saturated rings. The summed E-state index contributed by atoms with van der Waals surface area (Å²) in [6.45, 7) is 6.41. The Hall–Kier alpha value is -1.48. The molecule has 2 aromatic rings. The zero-order valence-corrected chi connectivity index (χ0v) is 13.5. The highest BCUT2D eigenvalue weighted by Crippen LogP contribution is 2.39. The average Bonchev–Trinajstić information content (AvgIpc) is 2.46. The Morgan fingerprint density at radius 3 is 2.90 bits per heavy atom. The Balaban J connectivity index is 2.14. The highest BCUT2D eigenvalue weighted by molar-refractivity contribution is 9.10. The summed E-state index contributed by atoms with van der Waals surface area (Å²) >= 11 is 3.55. The Bertz CT molecular complexity index is 637. The maximum absolute atomic E-state index is 3.55. The Morgan fingerprint density at radius 2 is 2.10 bits per heavy atom. The summed E-state index contributed by atoms with van der Waals surface area (Å²) in [5, 5.41) is 3.49. The summed E-state index contributed by atoms with van der Waals surface area (Å²) in [5.41, 5.74) is 6.61. The second-order valence-corrected chi connectivity index (χ2v) is 6.09. The fourth-order valence-electron chi connectivity index (χ4n) is 2.93. The number of benzene rings is 2. The third-order valence-electron chi connectivity index (χ3n) is 3.87. The zero-order chi connectivity index (χ0) is 14.1. The van der Waals surface area contributed by atoms with Crippen LogP contribution in [0, 0.1) is 6.92 Å². The molecule has 0 bridgehead atoms. The molecule has 1 aliphatic rings. The van der Waals surface area contributed by atoms with Gasteiger partial charge in [-0.05, 0) is 42.7 Å². The fraction of sp³-hybridized carbons (Fsp3) is 0.294. The van der Waals surface area contributed by atoms with Gasteiger partial charge < -0.3 is 10.2 Å². The van der Waals surface area contributed by atoms with Gasteiger partial charge in [0, 0.05) is 23.2 Å². The summed E-state index contributed by atoms with van der Waals surface area (Å²) in [4.78, 5) is 2.45. The van der Waals surface area contributed by atoms with Gasteiger partial charge in [0.25, 0.3) is 0 Å². The van der Waals surface area contributed by atoms with E-state index in [-0.39, 0.29) is 0 Å². The number of nitrogens with one attached hydrogen (secondary N) is 1. The van der Waals surface area contributed by atoms with Crippen molar-refractivity contribution >= 4 is 33.0 Å². The van der Waals surface area contributed by atoms with Crippen molar-refractivity contribution in [1.82, 2.24) is 0 Å². The van der Waals surface area contributed by atoms with Gasteiger partial charge in [-0.15, -0.1) is 0 Å². The van der Waals surface area contributed by atoms with Crippen LogP contribution in [0.5, 0.6) is 0 Å². The van der Waals surface area contributed by atoms with Crippen LogP contribution in [-0.4, -0.2) is 13.1 Å². The number of anilines is 3. The van der Waals surface area contributed by atoms with E-state index >= 15 is 0 Å². The first-order valence-corrected chi connectivity index (χ1v) is 7.89. The molecule has 0 aromatic heterocycles. The monoisotopic (exact) mass is 330 g/mol. The van der Waals surface area contributed by atoms with E-state index in [9.17, 15) is 0 Å². The molecule has 20 heavy (non-hydrogen) atoms. The normalized spacial score (nSPS) is 13.8. The molecule has 3 rings (SSSR count). The fourth-order valence-corrected chi connectivity index (χ4v) is 3.29. The first kappa shape index (κ1) is 13.5. The smallest absolute Gasteiger partial charge is 0.0648 e. The Labute approximate surface area is 128 Å². The molecule has 1 aliphatic heterocycles. The van der Waals surface area contributed by atoms with Gasteiger partial charge in [0.15, 0.2) is 0 Å². The van der Waals surface area contributed by atoms with E-state index in [0.29, 0.717) is 0 Å². The molecule has 104 valence electrons. The SMILES string of the molecule is CCc1cccc(C)c1N1CCNc2cc(Br)ccc21. The van der Waals surface area contributed by atoms with E-state index < -0.39 is 0 Å². The summed E-state index contributed by atoms with van der Waals surface area (Å²) in [6.07, 6.45) is 1.06. The maximum atomic E-state index is 3.55. The molecule has 2 nitrogen and oxygen atoms in total. The number of para-hydroxylation sites is 1. The van der Waals surface area contributed by atoms with Crippen LogP contribution in [0.3, 0.4) is 0 Å².